The quantitative estimate of drug-likeness (QED) is 0.727. The summed E-state index contributed by atoms with van der Waals surface area (Å²) in [6.45, 7) is 0. The first-order chi connectivity index (χ1) is 7.95. The zero-order chi connectivity index (χ0) is 12.9. The average Bonchev–Trinajstić information content (AvgIpc) is 2.27. The standard InChI is InChI=1S/C10H13NO5S/c1-16-11-17(14,15)9-5-2-8(3-6-9)4-7-10(12)13/h2-3,5-6,11H,4,7H2,1H3,(H,12,13). The van der Waals surface area contributed by atoms with Gasteiger partial charge in [0.2, 0.25) is 0 Å². The Bertz CT molecular complexity index is 480. The number of carboxylic acids is 1. The molecule has 0 aromatic heterocycles. The molecule has 0 saturated carbocycles. The molecule has 1 aromatic carbocycles. The number of rotatable bonds is 6. The average molecular weight is 259 g/mol. The Hall–Kier alpha value is -1.44. The Kier molecular flexibility index (Phi) is 4.62. The lowest BCUT2D eigenvalue weighted by Gasteiger charge is -2.05. The molecular formula is C10H13NO5S. The van der Waals surface area contributed by atoms with Gasteiger partial charge in [-0.25, -0.2) is 8.42 Å². The van der Waals surface area contributed by atoms with E-state index < -0.39 is 16.0 Å². The summed E-state index contributed by atoms with van der Waals surface area (Å²) >= 11 is 0. The van der Waals surface area contributed by atoms with Crippen LogP contribution in [0.2, 0.25) is 0 Å². The summed E-state index contributed by atoms with van der Waals surface area (Å²) in [6, 6.07) is 5.96. The van der Waals surface area contributed by atoms with Gasteiger partial charge in [0.15, 0.2) is 0 Å². The number of hydrogen-bond acceptors (Lipinski definition) is 4. The molecule has 2 N–H and O–H groups in total. The maximum Gasteiger partial charge on any atom is 0.303 e. The van der Waals surface area contributed by atoms with Crippen molar-refractivity contribution in [1.82, 2.24) is 4.89 Å². The fourth-order valence-electron chi connectivity index (χ4n) is 1.24. The van der Waals surface area contributed by atoms with Crippen molar-refractivity contribution in [3.05, 3.63) is 29.8 Å². The number of hydrogen-bond donors (Lipinski definition) is 2. The number of sulfonamides is 1. The van der Waals surface area contributed by atoms with Crippen LogP contribution in [0.15, 0.2) is 29.2 Å². The van der Waals surface area contributed by atoms with Gasteiger partial charge in [0.05, 0.1) is 12.0 Å². The van der Waals surface area contributed by atoms with E-state index in [0.29, 0.717) is 6.42 Å². The van der Waals surface area contributed by atoms with Gasteiger partial charge in [0.1, 0.15) is 0 Å². The third-order valence-electron chi connectivity index (χ3n) is 2.05. The molecule has 94 valence electrons. The first-order valence-electron chi connectivity index (χ1n) is 4.81. The lowest BCUT2D eigenvalue weighted by Crippen LogP contribution is -2.22. The largest absolute Gasteiger partial charge is 0.481 e. The summed E-state index contributed by atoms with van der Waals surface area (Å²) in [6.07, 6.45) is 0.385. The molecule has 0 spiro atoms. The van der Waals surface area contributed by atoms with Gasteiger partial charge in [-0.3, -0.25) is 9.63 Å². The normalized spacial score (nSPS) is 11.4. The van der Waals surface area contributed by atoms with E-state index in [1.54, 1.807) is 12.1 Å². The molecule has 7 heteroatoms. The molecule has 0 aliphatic heterocycles. The van der Waals surface area contributed by atoms with E-state index in [-0.39, 0.29) is 11.3 Å². The minimum Gasteiger partial charge on any atom is -0.481 e. The number of aliphatic carboxylic acids is 1. The number of carbonyl (C=O) groups is 1. The van der Waals surface area contributed by atoms with Crippen molar-refractivity contribution >= 4 is 16.0 Å². The second kappa shape index (κ2) is 5.76. The smallest absolute Gasteiger partial charge is 0.303 e. The number of nitrogens with one attached hydrogen (secondary N) is 1. The van der Waals surface area contributed by atoms with Crippen LogP contribution in [0.4, 0.5) is 0 Å². The van der Waals surface area contributed by atoms with Crippen LogP contribution in [-0.4, -0.2) is 26.6 Å². The van der Waals surface area contributed by atoms with Crippen molar-refractivity contribution < 1.29 is 23.2 Å². The van der Waals surface area contributed by atoms with E-state index in [1.165, 1.54) is 19.2 Å². The predicted octanol–water partition coefficient (Wildman–Crippen LogP) is 0.543. The molecule has 0 fully saturated rings. The highest BCUT2D eigenvalue weighted by Crippen LogP contribution is 2.11. The molecule has 0 radical (unpaired) electrons. The summed E-state index contributed by atoms with van der Waals surface area (Å²) in [5.41, 5.74) is 0.767. The van der Waals surface area contributed by atoms with Gasteiger partial charge < -0.3 is 5.11 Å². The van der Waals surface area contributed by atoms with Crippen molar-refractivity contribution in [1.29, 1.82) is 0 Å². The fraction of sp³-hybridized carbons (Fsp3) is 0.300. The van der Waals surface area contributed by atoms with Gasteiger partial charge in [0.25, 0.3) is 10.0 Å². The zero-order valence-corrected chi connectivity index (χ0v) is 10.0. The van der Waals surface area contributed by atoms with E-state index in [4.69, 9.17) is 5.11 Å². The zero-order valence-electron chi connectivity index (χ0n) is 9.21. The van der Waals surface area contributed by atoms with E-state index in [9.17, 15) is 13.2 Å². The molecule has 0 aliphatic rings. The number of carboxylic acid groups (broad SMARTS) is 1. The first-order valence-corrected chi connectivity index (χ1v) is 6.29. The SMILES string of the molecule is CONS(=O)(=O)c1ccc(CCC(=O)O)cc1. The molecule has 1 aromatic rings. The van der Waals surface area contributed by atoms with Gasteiger partial charge in [-0.15, -0.1) is 0 Å². The Morgan fingerprint density at radius 2 is 1.94 bits per heavy atom. The van der Waals surface area contributed by atoms with E-state index in [0.717, 1.165) is 5.56 Å². The molecule has 0 heterocycles. The van der Waals surface area contributed by atoms with Crippen LogP contribution in [-0.2, 0) is 26.1 Å². The molecule has 17 heavy (non-hydrogen) atoms. The van der Waals surface area contributed by atoms with Crippen molar-refractivity contribution in [2.75, 3.05) is 7.11 Å². The third-order valence-corrected chi connectivity index (χ3v) is 3.33. The third kappa shape index (κ3) is 4.14. The topological polar surface area (TPSA) is 92.7 Å². The van der Waals surface area contributed by atoms with Crippen molar-refractivity contribution in [2.24, 2.45) is 0 Å². The summed E-state index contributed by atoms with van der Waals surface area (Å²) in [5.74, 6) is -0.886. The van der Waals surface area contributed by atoms with Gasteiger partial charge >= 0.3 is 5.97 Å². The van der Waals surface area contributed by atoms with Crippen LogP contribution in [0.3, 0.4) is 0 Å². The van der Waals surface area contributed by atoms with Crippen LogP contribution < -0.4 is 4.89 Å². The summed E-state index contributed by atoms with van der Waals surface area (Å²) in [4.78, 5) is 16.7. The molecule has 0 bridgehead atoms. The van der Waals surface area contributed by atoms with Crippen molar-refractivity contribution in [3.63, 3.8) is 0 Å². The molecular weight excluding hydrogens is 246 g/mol. The summed E-state index contributed by atoms with van der Waals surface area (Å²) in [5, 5.41) is 8.51. The fourth-order valence-corrected chi connectivity index (χ4v) is 2.05. The monoisotopic (exact) mass is 259 g/mol. The maximum atomic E-state index is 11.5. The van der Waals surface area contributed by atoms with Crippen LogP contribution in [0.25, 0.3) is 0 Å². The van der Waals surface area contributed by atoms with Gasteiger partial charge in [-0.2, -0.15) is 0 Å². The maximum absolute atomic E-state index is 11.5. The molecule has 0 amide bonds. The second-order valence-corrected chi connectivity index (χ2v) is 4.97. The lowest BCUT2D eigenvalue weighted by molar-refractivity contribution is -0.136. The first kappa shape index (κ1) is 13.6. The molecule has 0 unspecified atom stereocenters. The van der Waals surface area contributed by atoms with Crippen LogP contribution in [0.1, 0.15) is 12.0 Å². The molecule has 6 nitrogen and oxygen atoms in total. The highest BCUT2D eigenvalue weighted by atomic mass is 32.2. The highest BCUT2D eigenvalue weighted by molar-refractivity contribution is 7.89. The van der Waals surface area contributed by atoms with Crippen LogP contribution in [0.5, 0.6) is 0 Å². The van der Waals surface area contributed by atoms with Crippen molar-refractivity contribution in [3.8, 4) is 0 Å². The van der Waals surface area contributed by atoms with Gasteiger partial charge in [0, 0.05) is 6.42 Å². The highest BCUT2D eigenvalue weighted by Gasteiger charge is 2.12. The minimum absolute atomic E-state index is 0.0163. The number of aryl methyl sites for hydroxylation is 1. The van der Waals surface area contributed by atoms with Crippen LogP contribution in [0, 0.1) is 0 Å². The summed E-state index contributed by atoms with van der Waals surface area (Å²) < 4.78 is 23.0. The van der Waals surface area contributed by atoms with Crippen molar-refractivity contribution in [2.45, 2.75) is 17.7 Å². The Morgan fingerprint density at radius 1 is 1.35 bits per heavy atom. The molecule has 0 saturated heterocycles. The molecule has 0 aliphatic carbocycles. The Balaban J connectivity index is 2.78. The second-order valence-electron chi connectivity index (χ2n) is 3.33. The Morgan fingerprint density at radius 3 is 2.41 bits per heavy atom. The van der Waals surface area contributed by atoms with E-state index in [1.807, 2.05) is 4.89 Å². The lowest BCUT2D eigenvalue weighted by atomic mass is 10.1. The van der Waals surface area contributed by atoms with E-state index in [2.05, 4.69) is 4.84 Å². The molecule has 0 atom stereocenters. The van der Waals surface area contributed by atoms with Gasteiger partial charge in [-0.05, 0) is 24.1 Å². The Labute approximate surface area is 99.2 Å². The van der Waals surface area contributed by atoms with Gasteiger partial charge in [-0.1, -0.05) is 17.0 Å². The predicted molar refractivity (Wildman–Crippen MR) is 59.7 cm³/mol. The van der Waals surface area contributed by atoms with Crippen LogP contribution >= 0.6 is 0 Å². The minimum atomic E-state index is -3.65. The summed E-state index contributed by atoms with van der Waals surface area (Å²) in [7, 11) is -2.44. The molecule has 1 rings (SSSR count). The van der Waals surface area contributed by atoms with E-state index >= 15 is 0 Å². The number of benzene rings is 1.